The minimum atomic E-state index is -0.123. The number of halogens is 2. The minimum absolute atomic E-state index is 0.123. The van der Waals surface area contributed by atoms with E-state index >= 15 is 0 Å². The van der Waals surface area contributed by atoms with E-state index in [0.717, 1.165) is 77.7 Å². The van der Waals surface area contributed by atoms with Gasteiger partial charge in [-0.05, 0) is 87.4 Å². The first-order valence-corrected chi connectivity index (χ1v) is 13.0. The minimum Gasteiger partial charge on any atom is -0.390 e. The first-order valence-electron chi connectivity index (χ1n) is 12.6. The van der Waals surface area contributed by atoms with Crippen molar-refractivity contribution in [1.29, 1.82) is 0 Å². The number of benzene rings is 2. The van der Waals surface area contributed by atoms with Crippen LogP contribution in [0.1, 0.15) is 60.0 Å². The molecule has 2 N–H and O–H groups in total. The summed E-state index contributed by atoms with van der Waals surface area (Å²) in [6.45, 7) is 4.82. The van der Waals surface area contributed by atoms with E-state index in [1.807, 2.05) is 30.5 Å². The number of hydrogen-bond donors (Lipinski definition) is 1. The van der Waals surface area contributed by atoms with Gasteiger partial charge in [-0.2, -0.15) is 5.10 Å². The molecule has 188 valence electrons. The molecule has 1 aliphatic heterocycles. The van der Waals surface area contributed by atoms with Crippen molar-refractivity contribution >= 4 is 35.5 Å². The highest BCUT2D eigenvalue weighted by molar-refractivity contribution is 6.32. The molecule has 1 aliphatic carbocycles. The van der Waals surface area contributed by atoms with Crippen molar-refractivity contribution < 1.29 is 4.39 Å². The smallest absolute Gasteiger partial charge is 0.126 e. The van der Waals surface area contributed by atoms with E-state index in [1.165, 1.54) is 25.2 Å². The van der Waals surface area contributed by atoms with Crippen LogP contribution in [0.15, 0.2) is 52.6 Å². The summed E-state index contributed by atoms with van der Waals surface area (Å²) in [5.41, 5.74) is 11.1. The predicted molar refractivity (Wildman–Crippen MR) is 145 cm³/mol. The molecule has 6 nitrogen and oxygen atoms in total. The van der Waals surface area contributed by atoms with Gasteiger partial charge in [0.2, 0.25) is 0 Å². The van der Waals surface area contributed by atoms with Crippen molar-refractivity contribution in [1.82, 2.24) is 14.7 Å². The van der Waals surface area contributed by atoms with Gasteiger partial charge in [-0.25, -0.2) is 9.38 Å². The van der Waals surface area contributed by atoms with Gasteiger partial charge in [0.25, 0.3) is 0 Å². The van der Waals surface area contributed by atoms with Gasteiger partial charge in [-0.15, -0.1) is 0 Å². The average Bonchev–Trinajstić information content (AvgIpc) is 3.66. The van der Waals surface area contributed by atoms with Gasteiger partial charge in [0.15, 0.2) is 0 Å². The molecular weight excluding hydrogens is 475 g/mol. The van der Waals surface area contributed by atoms with Gasteiger partial charge < -0.3 is 10.6 Å². The highest BCUT2D eigenvalue weighted by atomic mass is 35.5. The fourth-order valence-corrected chi connectivity index (χ4v) is 5.34. The Morgan fingerprint density at radius 2 is 1.89 bits per heavy atom. The molecule has 0 unspecified atom stereocenters. The molecule has 0 amide bonds. The van der Waals surface area contributed by atoms with E-state index in [-0.39, 0.29) is 5.82 Å². The third kappa shape index (κ3) is 5.52. The molecule has 1 saturated carbocycles. The molecule has 2 heterocycles. The third-order valence-electron chi connectivity index (χ3n) is 7.30. The maximum absolute atomic E-state index is 13.9. The van der Waals surface area contributed by atoms with Crippen LogP contribution in [0.5, 0.6) is 0 Å². The second-order valence-electron chi connectivity index (χ2n) is 9.72. The summed E-state index contributed by atoms with van der Waals surface area (Å²) in [7, 11) is 0. The molecular formula is C28H32ClFN6. The normalized spacial score (nSPS) is 17.5. The van der Waals surface area contributed by atoms with Crippen LogP contribution >= 0.6 is 11.6 Å². The van der Waals surface area contributed by atoms with Gasteiger partial charge in [0, 0.05) is 23.3 Å². The topological polar surface area (TPSA) is 71.8 Å². The van der Waals surface area contributed by atoms with Crippen LogP contribution in [-0.2, 0) is 6.42 Å². The van der Waals surface area contributed by atoms with Gasteiger partial charge in [0.1, 0.15) is 11.5 Å². The number of rotatable bonds is 8. The lowest BCUT2D eigenvalue weighted by atomic mass is 9.88. The summed E-state index contributed by atoms with van der Waals surface area (Å²) in [5, 5.41) is 5.21. The molecule has 2 fully saturated rings. The number of aromatic nitrogens is 2. The quantitative estimate of drug-likeness (QED) is 0.296. The monoisotopic (exact) mass is 506 g/mol. The molecule has 8 heteroatoms. The van der Waals surface area contributed by atoms with Crippen LogP contribution in [0.3, 0.4) is 0 Å². The molecule has 0 radical (unpaired) electrons. The standard InChI is InChI=1S/C28H32ClFN6/c1-19-28(17-34-36(19)23-6-7-23)32-16-22-14-25(29)24(15-27(22)33-18-31)20-8-11-35(12-9-20)13-10-21-4-2-3-5-26(21)30/h2-5,14-18,20,23H,6-13H2,1H3,(H2,31,33). The van der Waals surface area contributed by atoms with Crippen LogP contribution in [0, 0.1) is 12.7 Å². The van der Waals surface area contributed by atoms with Crippen molar-refractivity contribution in [3.8, 4) is 0 Å². The fourth-order valence-electron chi connectivity index (χ4n) is 5.02. The summed E-state index contributed by atoms with van der Waals surface area (Å²) in [6, 6.07) is 11.5. The molecule has 0 bridgehead atoms. The number of likely N-dealkylation sites (tertiary alicyclic amines) is 1. The van der Waals surface area contributed by atoms with Crippen molar-refractivity contribution in [2.24, 2.45) is 15.7 Å². The zero-order valence-corrected chi connectivity index (χ0v) is 21.3. The molecule has 5 rings (SSSR count). The Balaban J connectivity index is 1.26. The Labute approximate surface area is 216 Å². The molecule has 0 atom stereocenters. The number of nitrogens with zero attached hydrogens (tertiary/aromatic N) is 5. The summed E-state index contributed by atoms with van der Waals surface area (Å²) >= 11 is 6.78. The molecule has 1 saturated heterocycles. The van der Waals surface area contributed by atoms with E-state index in [1.54, 1.807) is 12.3 Å². The summed E-state index contributed by atoms with van der Waals surface area (Å²) in [6.07, 6.45) is 10.00. The van der Waals surface area contributed by atoms with E-state index < -0.39 is 0 Å². The third-order valence-corrected chi connectivity index (χ3v) is 7.62. The van der Waals surface area contributed by atoms with Gasteiger partial charge in [0.05, 0.1) is 30.0 Å². The van der Waals surface area contributed by atoms with Crippen LogP contribution < -0.4 is 5.73 Å². The van der Waals surface area contributed by atoms with E-state index in [0.29, 0.717) is 12.0 Å². The summed E-state index contributed by atoms with van der Waals surface area (Å²) < 4.78 is 16.0. The van der Waals surface area contributed by atoms with Crippen molar-refractivity contribution in [3.63, 3.8) is 0 Å². The van der Waals surface area contributed by atoms with Crippen molar-refractivity contribution in [2.45, 2.75) is 51.0 Å². The van der Waals surface area contributed by atoms with Crippen LogP contribution in [0.4, 0.5) is 15.8 Å². The van der Waals surface area contributed by atoms with Crippen LogP contribution in [0.25, 0.3) is 0 Å². The SMILES string of the molecule is Cc1c(N=Cc2cc(Cl)c(C3CCN(CCc4ccccc4F)CC3)cc2N=CN)cnn1C1CC1. The predicted octanol–water partition coefficient (Wildman–Crippen LogP) is 6.11. The Morgan fingerprint density at radius 3 is 2.61 bits per heavy atom. The Bertz CT molecular complexity index is 1270. The second-order valence-corrected chi connectivity index (χ2v) is 10.1. The highest BCUT2D eigenvalue weighted by Gasteiger charge is 2.26. The molecule has 3 aromatic rings. The number of piperidine rings is 1. The zero-order valence-electron chi connectivity index (χ0n) is 20.6. The summed E-state index contributed by atoms with van der Waals surface area (Å²) in [5.74, 6) is 0.224. The zero-order chi connectivity index (χ0) is 25.1. The molecule has 2 aliphatic rings. The Hall–Kier alpha value is -3.03. The molecule has 36 heavy (non-hydrogen) atoms. The van der Waals surface area contributed by atoms with Gasteiger partial charge in [-0.3, -0.25) is 9.67 Å². The lowest BCUT2D eigenvalue weighted by Crippen LogP contribution is -2.34. The fraction of sp³-hybridized carbons (Fsp3) is 0.393. The highest BCUT2D eigenvalue weighted by Crippen LogP contribution is 2.38. The summed E-state index contributed by atoms with van der Waals surface area (Å²) in [4.78, 5) is 11.5. The van der Waals surface area contributed by atoms with Crippen LogP contribution in [-0.4, -0.2) is 46.9 Å². The van der Waals surface area contributed by atoms with Crippen molar-refractivity contribution in [2.75, 3.05) is 19.6 Å². The molecule has 1 aromatic heterocycles. The molecule has 2 aromatic carbocycles. The van der Waals surface area contributed by atoms with Gasteiger partial charge >= 0.3 is 0 Å². The average molecular weight is 507 g/mol. The van der Waals surface area contributed by atoms with Crippen molar-refractivity contribution in [3.05, 3.63) is 75.8 Å². The van der Waals surface area contributed by atoms with Gasteiger partial charge in [-0.1, -0.05) is 29.8 Å². The van der Waals surface area contributed by atoms with E-state index in [9.17, 15) is 4.39 Å². The number of hydrogen-bond acceptors (Lipinski definition) is 4. The van der Waals surface area contributed by atoms with E-state index in [4.69, 9.17) is 17.3 Å². The lowest BCUT2D eigenvalue weighted by Gasteiger charge is -2.32. The number of nitrogens with two attached hydrogens (primary N) is 1. The largest absolute Gasteiger partial charge is 0.390 e. The molecule has 0 spiro atoms. The van der Waals surface area contributed by atoms with E-state index in [2.05, 4.69) is 31.6 Å². The van der Waals surface area contributed by atoms with Crippen LogP contribution in [0.2, 0.25) is 5.02 Å². The first-order chi connectivity index (χ1) is 17.5. The second kappa shape index (κ2) is 10.9. The first kappa shape index (κ1) is 24.7. The Kier molecular flexibility index (Phi) is 7.48. The number of aliphatic imine (C=N–C) groups is 2. The maximum Gasteiger partial charge on any atom is 0.126 e. The maximum atomic E-state index is 13.9. The Morgan fingerprint density at radius 1 is 1.11 bits per heavy atom. The lowest BCUT2D eigenvalue weighted by molar-refractivity contribution is 0.214.